The quantitative estimate of drug-likeness (QED) is 0.610. The number of nitrogens with zero attached hydrogens (tertiary/aromatic N) is 2. The highest BCUT2D eigenvalue weighted by atomic mass is 32.1. The lowest BCUT2D eigenvalue weighted by atomic mass is 9.94. The Balaban J connectivity index is 2.03. The average Bonchev–Trinajstić information content (AvgIpc) is 3.07. The van der Waals surface area contributed by atoms with E-state index in [2.05, 4.69) is 27.9 Å². The van der Waals surface area contributed by atoms with Crippen LogP contribution in [0.15, 0.2) is 5.38 Å². The van der Waals surface area contributed by atoms with Gasteiger partial charge in [-0.1, -0.05) is 20.8 Å². The molecule has 1 aliphatic rings. The summed E-state index contributed by atoms with van der Waals surface area (Å²) in [6.45, 7) is 6.89. The Morgan fingerprint density at radius 2 is 2.12 bits per heavy atom. The Labute approximate surface area is 157 Å². The molecule has 3 N–H and O–H groups in total. The van der Waals surface area contributed by atoms with E-state index >= 15 is 0 Å². The molecule has 144 valence electrons. The van der Waals surface area contributed by atoms with Gasteiger partial charge in [0.25, 0.3) is 5.91 Å². The predicted molar refractivity (Wildman–Crippen MR) is 101 cm³/mol. The molecular formula is C17H27N5O3S. The number of carbonyl (C=O) groups excluding carboxylic acids is 3. The van der Waals surface area contributed by atoms with Gasteiger partial charge in [-0.25, -0.2) is 4.98 Å². The largest absolute Gasteiger partial charge is 0.365 e. The lowest BCUT2D eigenvalue weighted by Crippen LogP contribution is -2.56. The Kier molecular flexibility index (Phi) is 6.96. The fourth-order valence-electron chi connectivity index (χ4n) is 3.21. The second-order valence-electron chi connectivity index (χ2n) is 7.05. The predicted octanol–water partition coefficient (Wildman–Crippen LogP) is 0.922. The maximum absolute atomic E-state index is 12.7. The van der Waals surface area contributed by atoms with E-state index in [4.69, 9.17) is 0 Å². The Morgan fingerprint density at radius 3 is 2.69 bits per heavy atom. The third kappa shape index (κ3) is 4.94. The van der Waals surface area contributed by atoms with Crippen LogP contribution in [0, 0.1) is 11.8 Å². The molecule has 8 nitrogen and oxygen atoms in total. The van der Waals surface area contributed by atoms with Gasteiger partial charge in [0.15, 0.2) is 5.13 Å². The highest BCUT2D eigenvalue weighted by molar-refractivity contribution is 7.13. The fraction of sp³-hybridized carbons (Fsp3) is 0.647. The molecule has 0 saturated carbocycles. The smallest absolute Gasteiger partial charge is 0.273 e. The summed E-state index contributed by atoms with van der Waals surface area (Å²) in [6, 6.07) is -0.724. The minimum Gasteiger partial charge on any atom is -0.365 e. The summed E-state index contributed by atoms with van der Waals surface area (Å²) in [5.74, 6) is -0.101. The number of amides is 3. The molecule has 1 aromatic rings. The number of piperidine rings is 1. The van der Waals surface area contributed by atoms with E-state index in [1.165, 1.54) is 11.3 Å². The van der Waals surface area contributed by atoms with Crippen molar-refractivity contribution in [3.05, 3.63) is 11.1 Å². The first-order valence-corrected chi connectivity index (χ1v) is 9.66. The lowest BCUT2D eigenvalue weighted by molar-refractivity contribution is -0.127. The second kappa shape index (κ2) is 8.98. The number of thiazole rings is 1. The van der Waals surface area contributed by atoms with Crippen molar-refractivity contribution in [2.45, 2.75) is 39.3 Å². The average molecular weight is 382 g/mol. The van der Waals surface area contributed by atoms with E-state index in [1.54, 1.807) is 17.3 Å². The zero-order chi connectivity index (χ0) is 19.3. The molecule has 3 amide bonds. The first-order valence-electron chi connectivity index (χ1n) is 8.78. The first-order chi connectivity index (χ1) is 12.3. The van der Waals surface area contributed by atoms with Gasteiger partial charge < -0.3 is 20.9 Å². The van der Waals surface area contributed by atoms with Crippen molar-refractivity contribution < 1.29 is 14.4 Å². The van der Waals surface area contributed by atoms with Gasteiger partial charge >= 0.3 is 0 Å². The van der Waals surface area contributed by atoms with Crippen LogP contribution in [-0.4, -0.2) is 60.3 Å². The maximum Gasteiger partial charge on any atom is 0.273 e. The molecule has 0 unspecified atom stereocenters. The van der Waals surface area contributed by atoms with Gasteiger partial charge in [0.05, 0.1) is 0 Å². The van der Waals surface area contributed by atoms with Gasteiger partial charge in [-0.2, -0.15) is 0 Å². The van der Waals surface area contributed by atoms with E-state index in [0.29, 0.717) is 30.3 Å². The Bertz CT molecular complexity index is 648. The third-order valence-corrected chi connectivity index (χ3v) is 5.29. The number of aromatic nitrogens is 1. The van der Waals surface area contributed by atoms with Crippen LogP contribution in [0.25, 0.3) is 0 Å². The topological polar surface area (TPSA) is 103 Å². The fourth-order valence-corrected chi connectivity index (χ4v) is 3.85. The van der Waals surface area contributed by atoms with Gasteiger partial charge in [0, 0.05) is 31.6 Å². The van der Waals surface area contributed by atoms with E-state index in [0.717, 1.165) is 6.42 Å². The van der Waals surface area contributed by atoms with Gasteiger partial charge in [-0.05, 0) is 18.3 Å². The van der Waals surface area contributed by atoms with Crippen LogP contribution in [0.3, 0.4) is 0 Å². The molecule has 26 heavy (non-hydrogen) atoms. The van der Waals surface area contributed by atoms with Crippen LogP contribution in [0.1, 0.15) is 37.7 Å². The van der Waals surface area contributed by atoms with E-state index in [1.807, 2.05) is 13.8 Å². The number of nitrogens with one attached hydrogen (secondary N) is 3. The zero-order valence-corrected chi connectivity index (χ0v) is 16.4. The molecule has 0 aliphatic carbocycles. The molecule has 0 radical (unpaired) electrons. The molecule has 0 spiro atoms. The maximum atomic E-state index is 12.7. The van der Waals surface area contributed by atoms with E-state index in [9.17, 15) is 14.4 Å². The summed E-state index contributed by atoms with van der Waals surface area (Å²) >= 11 is 1.39. The molecule has 0 bridgehead atoms. The number of anilines is 1. The van der Waals surface area contributed by atoms with Gasteiger partial charge in [-0.15, -0.1) is 11.3 Å². The van der Waals surface area contributed by atoms with Crippen LogP contribution in [0.5, 0.6) is 0 Å². The first kappa shape index (κ1) is 20.2. The summed E-state index contributed by atoms with van der Waals surface area (Å²) in [4.78, 5) is 42.0. The molecular weight excluding hydrogens is 354 g/mol. The minimum absolute atomic E-state index is 0.0195. The third-order valence-electron chi connectivity index (χ3n) is 4.43. The SMILES string of the molecule is CNc1nc(C(=O)N2C[C@@H](C)C[C@H](NC(=O)[C@@H](NC=O)C(C)C)C2)cs1. The number of rotatable bonds is 7. The van der Waals surface area contributed by atoms with Crippen LogP contribution in [0.4, 0.5) is 5.13 Å². The highest BCUT2D eigenvalue weighted by Crippen LogP contribution is 2.21. The highest BCUT2D eigenvalue weighted by Gasteiger charge is 2.32. The minimum atomic E-state index is -0.578. The van der Waals surface area contributed by atoms with Crippen molar-refractivity contribution in [1.82, 2.24) is 20.5 Å². The van der Waals surface area contributed by atoms with E-state index < -0.39 is 6.04 Å². The summed E-state index contributed by atoms with van der Waals surface area (Å²) in [5, 5.41) is 10.9. The van der Waals surface area contributed by atoms with Crippen molar-refractivity contribution in [2.75, 3.05) is 25.5 Å². The molecule has 2 heterocycles. The van der Waals surface area contributed by atoms with Crippen LogP contribution in [-0.2, 0) is 9.59 Å². The number of likely N-dealkylation sites (tertiary alicyclic amines) is 1. The van der Waals surface area contributed by atoms with Crippen molar-refractivity contribution in [2.24, 2.45) is 11.8 Å². The molecule has 9 heteroatoms. The molecule has 3 atom stereocenters. The summed E-state index contributed by atoms with van der Waals surface area (Å²) < 4.78 is 0. The standard InChI is InChI=1S/C17H27N5O3S/c1-10(2)14(19-9-23)15(24)20-12-5-11(3)6-22(7-12)16(25)13-8-26-17(18-4)21-13/h8-12,14H,5-7H2,1-4H3,(H,18,21)(H,19,23)(H,20,24)/t11-,12-,14-/m0/s1. The molecule has 0 aromatic carbocycles. The number of hydrogen-bond acceptors (Lipinski definition) is 6. The van der Waals surface area contributed by atoms with Gasteiger partial charge in [0.2, 0.25) is 12.3 Å². The zero-order valence-electron chi connectivity index (χ0n) is 15.6. The summed E-state index contributed by atoms with van der Waals surface area (Å²) in [5.41, 5.74) is 0.418. The molecule has 1 saturated heterocycles. The van der Waals surface area contributed by atoms with Crippen molar-refractivity contribution in [1.29, 1.82) is 0 Å². The molecule has 2 rings (SSSR count). The summed E-state index contributed by atoms with van der Waals surface area (Å²) in [6.07, 6.45) is 1.34. The number of carbonyl (C=O) groups is 3. The normalized spacial score (nSPS) is 21.2. The van der Waals surface area contributed by atoms with Crippen LogP contribution < -0.4 is 16.0 Å². The van der Waals surface area contributed by atoms with Gasteiger partial charge in [-0.3, -0.25) is 14.4 Å². The van der Waals surface area contributed by atoms with Crippen LogP contribution in [0.2, 0.25) is 0 Å². The Hall–Kier alpha value is -2.16. The van der Waals surface area contributed by atoms with Crippen LogP contribution >= 0.6 is 11.3 Å². The summed E-state index contributed by atoms with van der Waals surface area (Å²) in [7, 11) is 1.76. The Morgan fingerprint density at radius 1 is 1.38 bits per heavy atom. The monoisotopic (exact) mass is 381 g/mol. The molecule has 1 aliphatic heterocycles. The molecule has 1 aromatic heterocycles. The van der Waals surface area contributed by atoms with Crippen molar-refractivity contribution >= 4 is 34.7 Å². The lowest BCUT2D eigenvalue weighted by Gasteiger charge is -2.37. The van der Waals surface area contributed by atoms with Gasteiger partial charge in [0.1, 0.15) is 11.7 Å². The second-order valence-corrected chi connectivity index (χ2v) is 7.91. The van der Waals surface area contributed by atoms with Crippen molar-refractivity contribution in [3.8, 4) is 0 Å². The number of hydrogen-bond donors (Lipinski definition) is 3. The van der Waals surface area contributed by atoms with E-state index in [-0.39, 0.29) is 29.7 Å². The van der Waals surface area contributed by atoms with Crippen molar-refractivity contribution in [3.63, 3.8) is 0 Å². The molecule has 1 fully saturated rings.